The summed E-state index contributed by atoms with van der Waals surface area (Å²) < 4.78 is 39.4. The van der Waals surface area contributed by atoms with Crippen molar-refractivity contribution in [2.75, 3.05) is 5.32 Å². The minimum atomic E-state index is -4.57. The number of anilines is 1. The smallest absolute Gasteiger partial charge is 0.326 e. The van der Waals surface area contributed by atoms with Crippen LogP contribution >= 0.6 is 0 Å². The molecule has 2 aromatic carbocycles. The number of rotatable bonds is 4. The van der Waals surface area contributed by atoms with Crippen LogP contribution in [0.1, 0.15) is 27.0 Å². The highest BCUT2D eigenvalue weighted by molar-refractivity contribution is 6.06. The van der Waals surface area contributed by atoms with Gasteiger partial charge >= 0.3 is 6.18 Å². The van der Waals surface area contributed by atoms with Crippen molar-refractivity contribution < 1.29 is 18.0 Å². The SMILES string of the molecule is Cc1ccccc1-c1ccncc1NC(=O)c1cc(CN)cc(C(F)(F)F)c1. The molecule has 0 unspecified atom stereocenters. The van der Waals surface area contributed by atoms with Crippen LogP contribution in [0.5, 0.6) is 0 Å². The predicted octanol–water partition coefficient (Wildman–Crippen LogP) is 4.79. The molecular weight excluding hydrogens is 367 g/mol. The molecule has 1 heterocycles. The zero-order valence-electron chi connectivity index (χ0n) is 15.0. The van der Waals surface area contributed by atoms with E-state index in [1.165, 1.54) is 12.3 Å². The highest BCUT2D eigenvalue weighted by Gasteiger charge is 2.31. The quantitative estimate of drug-likeness (QED) is 0.679. The third-order valence-corrected chi connectivity index (χ3v) is 4.32. The molecule has 0 bridgehead atoms. The molecule has 0 aliphatic carbocycles. The molecule has 144 valence electrons. The summed E-state index contributed by atoms with van der Waals surface area (Å²) in [6.45, 7) is 1.83. The van der Waals surface area contributed by atoms with E-state index >= 15 is 0 Å². The number of hydrogen-bond acceptors (Lipinski definition) is 3. The van der Waals surface area contributed by atoms with Crippen molar-refractivity contribution >= 4 is 11.6 Å². The number of pyridine rings is 1. The van der Waals surface area contributed by atoms with Gasteiger partial charge in [-0.15, -0.1) is 0 Å². The van der Waals surface area contributed by atoms with Crippen molar-refractivity contribution in [3.63, 3.8) is 0 Å². The Labute approximate surface area is 160 Å². The van der Waals surface area contributed by atoms with E-state index in [1.807, 2.05) is 31.2 Å². The van der Waals surface area contributed by atoms with E-state index in [2.05, 4.69) is 10.3 Å². The van der Waals surface area contributed by atoms with Gasteiger partial charge in [-0.25, -0.2) is 0 Å². The number of aromatic nitrogens is 1. The summed E-state index contributed by atoms with van der Waals surface area (Å²) in [5.74, 6) is -0.663. The van der Waals surface area contributed by atoms with Gasteiger partial charge in [-0.2, -0.15) is 13.2 Å². The lowest BCUT2D eigenvalue weighted by Gasteiger charge is -2.14. The zero-order valence-corrected chi connectivity index (χ0v) is 15.0. The Morgan fingerprint density at radius 1 is 1.11 bits per heavy atom. The topological polar surface area (TPSA) is 68.0 Å². The first-order valence-corrected chi connectivity index (χ1v) is 8.52. The second kappa shape index (κ2) is 7.82. The Morgan fingerprint density at radius 2 is 1.86 bits per heavy atom. The lowest BCUT2D eigenvalue weighted by Crippen LogP contribution is -2.16. The van der Waals surface area contributed by atoms with Crippen molar-refractivity contribution in [3.8, 4) is 11.1 Å². The van der Waals surface area contributed by atoms with E-state index in [1.54, 1.807) is 12.3 Å². The van der Waals surface area contributed by atoms with Crippen LogP contribution in [-0.4, -0.2) is 10.9 Å². The zero-order chi connectivity index (χ0) is 20.3. The van der Waals surface area contributed by atoms with Gasteiger partial charge < -0.3 is 11.1 Å². The average Bonchev–Trinajstić information content (AvgIpc) is 2.68. The third kappa shape index (κ3) is 4.20. The predicted molar refractivity (Wildman–Crippen MR) is 102 cm³/mol. The number of nitrogens with zero attached hydrogens (tertiary/aromatic N) is 1. The number of nitrogens with two attached hydrogens (primary N) is 1. The Kier molecular flexibility index (Phi) is 5.46. The fourth-order valence-corrected chi connectivity index (χ4v) is 2.90. The van der Waals surface area contributed by atoms with Crippen LogP contribution in [0.4, 0.5) is 18.9 Å². The summed E-state index contributed by atoms with van der Waals surface area (Å²) in [6, 6.07) is 12.5. The van der Waals surface area contributed by atoms with Gasteiger partial charge in [0.15, 0.2) is 0 Å². The number of benzene rings is 2. The number of carbonyl (C=O) groups is 1. The molecule has 3 N–H and O–H groups in total. The molecule has 0 radical (unpaired) electrons. The van der Waals surface area contributed by atoms with E-state index in [9.17, 15) is 18.0 Å². The van der Waals surface area contributed by atoms with Gasteiger partial charge in [-0.05, 0) is 47.9 Å². The highest BCUT2D eigenvalue weighted by Crippen LogP contribution is 2.32. The van der Waals surface area contributed by atoms with Crippen LogP contribution in [0.15, 0.2) is 60.9 Å². The molecule has 28 heavy (non-hydrogen) atoms. The Morgan fingerprint density at radius 3 is 2.54 bits per heavy atom. The molecule has 0 aliphatic heterocycles. The largest absolute Gasteiger partial charge is 0.416 e. The fourth-order valence-electron chi connectivity index (χ4n) is 2.90. The number of carbonyl (C=O) groups excluding carboxylic acids is 1. The van der Waals surface area contributed by atoms with E-state index in [0.717, 1.165) is 28.8 Å². The van der Waals surface area contributed by atoms with Gasteiger partial charge in [-0.3, -0.25) is 9.78 Å². The lowest BCUT2D eigenvalue weighted by atomic mass is 10.00. The molecule has 0 fully saturated rings. The van der Waals surface area contributed by atoms with E-state index in [-0.39, 0.29) is 17.7 Å². The van der Waals surface area contributed by atoms with Crippen LogP contribution in [0.25, 0.3) is 11.1 Å². The Hall–Kier alpha value is -3.19. The molecule has 4 nitrogen and oxygen atoms in total. The standard InChI is InChI=1S/C21H18F3N3O/c1-13-4-2-3-5-17(13)18-6-7-26-12-19(18)27-20(28)15-8-14(11-25)9-16(10-15)21(22,23)24/h2-10,12H,11,25H2,1H3,(H,27,28). The van der Waals surface area contributed by atoms with E-state index in [0.29, 0.717) is 5.69 Å². The summed E-state index contributed by atoms with van der Waals surface area (Å²) in [5.41, 5.74) is 7.72. The number of nitrogens with one attached hydrogen (secondary N) is 1. The number of amides is 1. The third-order valence-electron chi connectivity index (χ3n) is 4.32. The first kappa shape index (κ1) is 19.6. The maximum atomic E-state index is 13.1. The van der Waals surface area contributed by atoms with Crippen LogP contribution in [0, 0.1) is 6.92 Å². The summed E-state index contributed by atoms with van der Waals surface area (Å²) in [4.78, 5) is 16.7. The van der Waals surface area contributed by atoms with Crippen LogP contribution in [-0.2, 0) is 12.7 Å². The lowest BCUT2D eigenvalue weighted by molar-refractivity contribution is -0.137. The molecule has 3 aromatic rings. The molecule has 7 heteroatoms. The maximum absolute atomic E-state index is 13.1. The molecule has 1 aromatic heterocycles. The number of halogens is 3. The van der Waals surface area contributed by atoms with Crippen LogP contribution in [0.3, 0.4) is 0 Å². The first-order valence-electron chi connectivity index (χ1n) is 8.52. The molecule has 0 saturated heterocycles. The maximum Gasteiger partial charge on any atom is 0.416 e. The first-order chi connectivity index (χ1) is 13.3. The summed E-state index contributed by atoms with van der Waals surface area (Å²) in [6.07, 6.45) is -1.51. The molecule has 0 atom stereocenters. The van der Waals surface area contributed by atoms with Crippen molar-refractivity contribution in [1.82, 2.24) is 4.98 Å². The number of hydrogen-bond donors (Lipinski definition) is 2. The van der Waals surface area contributed by atoms with Gasteiger partial charge in [0.2, 0.25) is 0 Å². The van der Waals surface area contributed by atoms with Crippen LogP contribution < -0.4 is 11.1 Å². The van der Waals surface area contributed by atoms with E-state index < -0.39 is 17.6 Å². The fraction of sp³-hybridized carbons (Fsp3) is 0.143. The molecule has 1 amide bonds. The van der Waals surface area contributed by atoms with Gasteiger partial charge in [0.05, 0.1) is 17.4 Å². The molecule has 0 saturated carbocycles. The monoisotopic (exact) mass is 385 g/mol. The normalized spacial score (nSPS) is 11.3. The van der Waals surface area contributed by atoms with Crippen molar-refractivity contribution in [3.05, 3.63) is 83.2 Å². The minimum Gasteiger partial charge on any atom is -0.326 e. The molecule has 0 spiro atoms. The Bertz CT molecular complexity index is 1020. The summed E-state index contributed by atoms with van der Waals surface area (Å²) in [7, 11) is 0. The minimum absolute atomic E-state index is 0.106. The molecule has 3 rings (SSSR count). The second-order valence-electron chi connectivity index (χ2n) is 6.31. The van der Waals surface area contributed by atoms with Gasteiger partial charge in [0.25, 0.3) is 5.91 Å². The highest BCUT2D eigenvalue weighted by atomic mass is 19.4. The van der Waals surface area contributed by atoms with E-state index in [4.69, 9.17) is 5.73 Å². The summed E-state index contributed by atoms with van der Waals surface area (Å²) in [5, 5.41) is 2.67. The van der Waals surface area contributed by atoms with Crippen molar-refractivity contribution in [2.24, 2.45) is 5.73 Å². The molecule has 0 aliphatic rings. The average molecular weight is 385 g/mol. The number of alkyl halides is 3. The van der Waals surface area contributed by atoms with Gasteiger partial charge in [0, 0.05) is 23.9 Å². The van der Waals surface area contributed by atoms with Gasteiger partial charge in [0.1, 0.15) is 0 Å². The van der Waals surface area contributed by atoms with Gasteiger partial charge in [-0.1, -0.05) is 24.3 Å². The van der Waals surface area contributed by atoms with Crippen molar-refractivity contribution in [2.45, 2.75) is 19.6 Å². The molecular formula is C21H18F3N3O. The Balaban J connectivity index is 1.98. The second-order valence-corrected chi connectivity index (χ2v) is 6.31. The van der Waals surface area contributed by atoms with Crippen molar-refractivity contribution in [1.29, 1.82) is 0 Å². The van der Waals surface area contributed by atoms with Crippen LogP contribution in [0.2, 0.25) is 0 Å². The number of aryl methyl sites for hydroxylation is 1. The summed E-state index contributed by atoms with van der Waals surface area (Å²) >= 11 is 0.